The zero-order valence-electron chi connectivity index (χ0n) is 25.7. The Morgan fingerprint density at radius 2 is 1.53 bits per heavy atom. The van der Waals surface area contributed by atoms with Crippen LogP contribution in [0.1, 0.15) is 34.3 Å². The molecule has 1 saturated heterocycles. The molecule has 0 radical (unpaired) electrons. The smallest absolute Gasteiger partial charge is 0.416 e. The Bertz CT molecular complexity index is 1490. The molecule has 0 bridgehead atoms. The Balaban J connectivity index is 0.000000762. The number of fused-ring (bicyclic) bond motifs is 1. The van der Waals surface area contributed by atoms with Crippen LogP contribution in [0.25, 0.3) is 0 Å². The molecule has 0 saturated carbocycles. The number of aryl methyl sites for hydroxylation is 1. The Labute approximate surface area is 270 Å². The monoisotopic (exact) mass is 658 g/mol. The molecule has 47 heavy (non-hydrogen) atoms. The van der Waals surface area contributed by atoms with Gasteiger partial charge < -0.3 is 29.5 Å². The summed E-state index contributed by atoms with van der Waals surface area (Å²) < 4.78 is 50.5. The minimum Gasteiger partial charge on any atom is -0.492 e. The minimum absolute atomic E-state index is 0.0619. The van der Waals surface area contributed by atoms with Crippen LogP contribution in [-0.2, 0) is 22.2 Å². The first kappa shape index (κ1) is 35.2. The number of aromatic nitrogens is 1. The number of hydrogen-bond acceptors (Lipinski definition) is 8. The Hall–Kier alpha value is -4.69. The van der Waals surface area contributed by atoms with E-state index >= 15 is 0 Å². The summed E-state index contributed by atoms with van der Waals surface area (Å²) in [4.78, 5) is 42.0. The molecule has 3 aromatic rings. The molecular weight excluding hydrogens is 621 g/mol. The van der Waals surface area contributed by atoms with Crippen LogP contribution in [0, 0.1) is 0 Å². The minimum atomic E-state index is -4.37. The Kier molecular flexibility index (Phi) is 12.5. The average Bonchev–Trinajstić information content (AvgIpc) is 3.07. The average molecular weight is 659 g/mol. The van der Waals surface area contributed by atoms with E-state index in [0.29, 0.717) is 31.9 Å². The predicted octanol–water partition coefficient (Wildman–Crippen LogP) is 4.31. The lowest BCUT2D eigenvalue weighted by atomic mass is 10.00. The number of halogens is 3. The van der Waals surface area contributed by atoms with Crippen LogP contribution in [0.4, 0.5) is 18.9 Å². The number of alkyl halides is 3. The molecule has 0 aliphatic carbocycles. The number of rotatable bonds is 10. The number of piperazine rings is 1. The number of hydrogen-bond donors (Lipinski definition) is 2. The quantitative estimate of drug-likeness (QED) is 0.240. The summed E-state index contributed by atoms with van der Waals surface area (Å²) in [5.74, 6) is -2.73. The van der Waals surface area contributed by atoms with E-state index in [1.54, 1.807) is 30.6 Å². The van der Waals surface area contributed by atoms with Crippen LogP contribution < -0.4 is 14.4 Å². The molecule has 5 rings (SSSR count). The molecule has 3 heterocycles. The van der Waals surface area contributed by atoms with E-state index in [-0.39, 0.29) is 11.7 Å². The number of carbonyl (C=O) groups is 3. The third kappa shape index (κ3) is 10.4. The van der Waals surface area contributed by atoms with E-state index in [1.165, 1.54) is 6.07 Å². The summed E-state index contributed by atoms with van der Waals surface area (Å²) in [6.07, 6.45) is 1.57. The van der Waals surface area contributed by atoms with E-state index in [9.17, 15) is 18.0 Å². The fourth-order valence-electron chi connectivity index (χ4n) is 5.34. The Morgan fingerprint density at radius 1 is 0.830 bits per heavy atom. The second-order valence-corrected chi connectivity index (χ2v) is 10.9. The highest BCUT2D eigenvalue weighted by Crippen LogP contribution is 2.37. The largest absolute Gasteiger partial charge is 0.492 e. The molecule has 0 spiro atoms. The van der Waals surface area contributed by atoms with Crippen LogP contribution in [-0.4, -0.2) is 102 Å². The molecular formula is C33H37F3N4O7. The molecule has 1 aromatic heterocycles. The van der Waals surface area contributed by atoms with Crippen molar-refractivity contribution in [2.24, 2.45) is 0 Å². The number of amides is 1. The standard InChI is InChI=1S/C31H35F3N4O3.C2H2O4/c32-31(33,34)26-9-2-10-27(22-26)40-21-19-37-17-15-36(16-18-37)13-5-20-41-28-11-1-6-24-8-4-14-38(29(24)28)30(39)25-7-3-12-35-23-25;3-1(4)2(5)6/h1-3,6-7,9-12,22-23H,4-5,8,13-21H2;(H,3,4)(H,5,6). The van der Waals surface area contributed by atoms with Crippen LogP contribution in [0.3, 0.4) is 0 Å². The van der Waals surface area contributed by atoms with Gasteiger partial charge in [0.15, 0.2) is 0 Å². The molecule has 11 nitrogen and oxygen atoms in total. The molecule has 1 fully saturated rings. The highest BCUT2D eigenvalue weighted by Gasteiger charge is 2.31. The number of carboxylic acid groups (broad SMARTS) is 2. The van der Waals surface area contributed by atoms with Gasteiger partial charge in [-0.05, 0) is 61.2 Å². The van der Waals surface area contributed by atoms with Gasteiger partial charge in [-0.3, -0.25) is 14.7 Å². The first-order valence-electron chi connectivity index (χ1n) is 15.2. The van der Waals surface area contributed by atoms with Gasteiger partial charge in [0.1, 0.15) is 18.1 Å². The van der Waals surface area contributed by atoms with Gasteiger partial charge in [-0.1, -0.05) is 18.2 Å². The number of nitrogens with zero attached hydrogens (tertiary/aromatic N) is 4. The number of benzene rings is 2. The van der Waals surface area contributed by atoms with Crippen molar-refractivity contribution >= 4 is 23.5 Å². The molecule has 2 aliphatic rings. The van der Waals surface area contributed by atoms with E-state index in [2.05, 4.69) is 20.9 Å². The van der Waals surface area contributed by atoms with Crippen LogP contribution in [0.5, 0.6) is 11.5 Å². The molecule has 2 aromatic carbocycles. The number of ether oxygens (including phenoxy) is 2. The fourth-order valence-corrected chi connectivity index (χ4v) is 5.34. The van der Waals surface area contributed by atoms with Crippen molar-refractivity contribution in [3.05, 3.63) is 83.7 Å². The van der Waals surface area contributed by atoms with E-state index < -0.39 is 23.7 Å². The summed E-state index contributed by atoms with van der Waals surface area (Å²) in [5.41, 5.74) is 1.86. The summed E-state index contributed by atoms with van der Waals surface area (Å²) in [5, 5.41) is 14.8. The van der Waals surface area contributed by atoms with Gasteiger partial charge >= 0.3 is 18.1 Å². The molecule has 2 N–H and O–H groups in total. The second-order valence-electron chi connectivity index (χ2n) is 10.9. The second kappa shape index (κ2) is 16.7. The van der Waals surface area contributed by atoms with Crippen molar-refractivity contribution in [3.63, 3.8) is 0 Å². The predicted molar refractivity (Wildman–Crippen MR) is 166 cm³/mol. The summed E-state index contributed by atoms with van der Waals surface area (Å²) in [6.45, 7) is 6.70. The van der Waals surface area contributed by atoms with Crippen molar-refractivity contribution in [2.75, 3.05) is 63.9 Å². The van der Waals surface area contributed by atoms with Crippen molar-refractivity contribution < 1.29 is 47.2 Å². The van der Waals surface area contributed by atoms with Gasteiger partial charge in [-0.25, -0.2) is 9.59 Å². The van der Waals surface area contributed by atoms with Gasteiger partial charge in [0, 0.05) is 58.2 Å². The fraction of sp³-hybridized carbons (Fsp3) is 0.394. The maximum Gasteiger partial charge on any atom is 0.416 e. The molecule has 1 amide bonds. The third-order valence-corrected chi connectivity index (χ3v) is 7.70. The number of pyridine rings is 1. The van der Waals surface area contributed by atoms with Crippen molar-refractivity contribution in [3.8, 4) is 11.5 Å². The zero-order valence-corrected chi connectivity index (χ0v) is 25.7. The van der Waals surface area contributed by atoms with E-state index in [0.717, 1.165) is 81.1 Å². The maximum atomic E-state index is 13.2. The SMILES string of the molecule is O=C(O)C(=O)O.O=C(c1cccnc1)N1CCCc2cccc(OCCCN3CCN(CCOc4cccc(C(F)(F)F)c4)CC3)c21. The Morgan fingerprint density at radius 3 is 2.19 bits per heavy atom. The molecule has 0 unspecified atom stereocenters. The van der Waals surface area contributed by atoms with Crippen molar-refractivity contribution in [1.82, 2.24) is 14.8 Å². The maximum absolute atomic E-state index is 13.2. The van der Waals surface area contributed by atoms with E-state index in [1.807, 2.05) is 17.0 Å². The summed E-state index contributed by atoms with van der Waals surface area (Å²) in [6, 6.07) is 14.6. The van der Waals surface area contributed by atoms with Crippen LogP contribution >= 0.6 is 0 Å². The van der Waals surface area contributed by atoms with Gasteiger partial charge in [0.2, 0.25) is 0 Å². The van der Waals surface area contributed by atoms with Crippen LogP contribution in [0.2, 0.25) is 0 Å². The zero-order chi connectivity index (χ0) is 33.8. The highest BCUT2D eigenvalue weighted by atomic mass is 19.4. The normalized spacial score (nSPS) is 15.2. The molecule has 0 atom stereocenters. The lowest BCUT2D eigenvalue weighted by Crippen LogP contribution is -2.47. The number of para-hydroxylation sites is 1. The van der Waals surface area contributed by atoms with Crippen molar-refractivity contribution in [1.29, 1.82) is 0 Å². The van der Waals surface area contributed by atoms with Crippen molar-refractivity contribution in [2.45, 2.75) is 25.4 Å². The number of anilines is 1. The van der Waals surface area contributed by atoms with Gasteiger partial charge in [-0.15, -0.1) is 0 Å². The number of carboxylic acids is 2. The number of carbonyl (C=O) groups excluding carboxylic acids is 1. The van der Waals surface area contributed by atoms with E-state index in [4.69, 9.17) is 29.3 Å². The van der Waals surface area contributed by atoms with Crippen LogP contribution in [0.15, 0.2) is 67.0 Å². The summed E-state index contributed by atoms with van der Waals surface area (Å²) >= 11 is 0. The molecule has 252 valence electrons. The molecule has 2 aliphatic heterocycles. The first-order valence-corrected chi connectivity index (χ1v) is 15.2. The third-order valence-electron chi connectivity index (χ3n) is 7.70. The molecule has 14 heteroatoms. The topological polar surface area (TPSA) is 133 Å². The highest BCUT2D eigenvalue weighted by molar-refractivity contribution is 6.27. The lowest BCUT2D eigenvalue weighted by molar-refractivity contribution is -0.159. The van der Waals surface area contributed by atoms with Gasteiger partial charge in [0.05, 0.1) is 23.4 Å². The summed E-state index contributed by atoms with van der Waals surface area (Å²) in [7, 11) is 0. The first-order chi connectivity index (χ1) is 22.5. The number of aliphatic carboxylic acids is 2. The lowest BCUT2D eigenvalue weighted by Gasteiger charge is -2.34. The van der Waals surface area contributed by atoms with Gasteiger partial charge in [0.25, 0.3) is 5.91 Å². The van der Waals surface area contributed by atoms with Gasteiger partial charge in [-0.2, -0.15) is 13.2 Å².